The van der Waals surface area contributed by atoms with Crippen molar-refractivity contribution in [2.24, 2.45) is 0 Å². The van der Waals surface area contributed by atoms with E-state index in [1.807, 2.05) is 0 Å². The van der Waals surface area contributed by atoms with Crippen molar-refractivity contribution in [3.05, 3.63) is 59.7 Å². The Balaban J connectivity index is 1.90. The van der Waals surface area contributed by atoms with E-state index in [-0.39, 0.29) is 18.1 Å². The maximum atomic E-state index is 13.7. The van der Waals surface area contributed by atoms with Gasteiger partial charge in [0.2, 0.25) is 0 Å². The molecule has 1 amide bonds. The van der Waals surface area contributed by atoms with Gasteiger partial charge in [0.05, 0.1) is 13.2 Å². The summed E-state index contributed by atoms with van der Waals surface area (Å²) in [5, 5.41) is 2.68. The molecule has 0 heterocycles. The van der Waals surface area contributed by atoms with Gasteiger partial charge in [0, 0.05) is 6.07 Å². The first-order valence-electron chi connectivity index (χ1n) is 7.00. The summed E-state index contributed by atoms with van der Waals surface area (Å²) in [6.07, 6.45) is 0. The van der Waals surface area contributed by atoms with Crippen molar-refractivity contribution >= 4 is 5.91 Å². The van der Waals surface area contributed by atoms with Crippen molar-refractivity contribution in [2.75, 3.05) is 13.7 Å². The molecule has 2 rings (SSSR count). The number of nitrogens with one attached hydrogen (secondary N) is 1. The number of ether oxygens (including phenoxy) is 2. The van der Waals surface area contributed by atoms with Crippen LogP contribution in [-0.2, 0) is 4.79 Å². The minimum absolute atomic E-state index is 0.140. The fourth-order valence-electron chi connectivity index (χ4n) is 2.02. The average Bonchev–Trinajstić information content (AvgIpc) is 2.53. The summed E-state index contributed by atoms with van der Waals surface area (Å²) in [5.41, 5.74) is 0.599. The molecule has 0 aliphatic rings. The third-order valence-corrected chi connectivity index (χ3v) is 3.22. The Morgan fingerprint density at radius 3 is 2.65 bits per heavy atom. The predicted molar refractivity (Wildman–Crippen MR) is 81.4 cm³/mol. The van der Waals surface area contributed by atoms with Crippen molar-refractivity contribution in [3.63, 3.8) is 0 Å². The first-order chi connectivity index (χ1) is 11.0. The monoisotopic (exact) mass is 321 g/mol. The molecular weight excluding hydrogens is 304 g/mol. The maximum Gasteiger partial charge on any atom is 0.258 e. The Morgan fingerprint density at radius 2 is 2.00 bits per heavy atom. The highest BCUT2D eigenvalue weighted by atomic mass is 19.1. The van der Waals surface area contributed by atoms with E-state index in [9.17, 15) is 13.6 Å². The van der Waals surface area contributed by atoms with Crippen LogP contribution in [0.3, 0.4) is 0 Å². The molecule has 1 atom stereocenters. The first-order valence-corrected chi connectivity index (χ1v) is 7.00. The second-order valence-corrected chi connectivity index (χ2v) is 4.93. The van der Waals surface area contributed by atoms with Crippen molar-refractivity contribution in [3.8, 4) is 11.5 Å². The molecule has 122 valence electrons. The second-order valence-electron chi connectivity index (χ2n) is 4.93. The summed E-state index contributed by atoms with van der Waals surface area (Å²) in [6.45, 7) is 1.47. The average molecular weight is 321 g/mol. The zero-order chi connectivity index (χ0) is 16.8. The number of rotatable bonds is 6. The third-order valence-electron chi connectivity index (χ3n) is 3.22. The van der Waals surface area contributed by atoms with Gasteiger partial charge >= 0.3 is 0 Å². The topological polar surface area (TPSA) is 47.6 Å². The van der Waals surface area contributed by atoms with Crippen LogP contribution >= 0.6 is 0 Å². The Bertz CT molecular complexity index is 691. The number of methoxy groups -OCH3 is 1. The van der Waals surface area contributed by atoms with Gasteiger partial charge in [-0.2, -0.15) is 0 Å². The predicted octanol–water partition coefficient (Wildman–Crippen LogP) is 3.23. The molecule has 23 heavy (non-hydrogen) atoms. The van der Waals surface area contributed by atoms with E-state index in [1.54, 1.807) is 19.1 Å². The summed E-state index contributed by atoms with van der Waals surface area (Å²) in [5.74, 6) is -0.921. The molecule has 2 aromatic carbocycles. The molecule has 2 aromatic rings. The Labute approximate surface area is 133 Å². The largest absolute Gasteiger partial charge is 0.494 e. The molecule has 0 unspecified atom stereocenters. The van der Waals surface area contributed by atoms with Crippen LogP contribution in [0.2, 0.25) is 0 Å². The zero-order valence-corrected chi connectivity index (χ0v) is 12.8. The molecule has 0 bridgehead atoms. The molecule has 0 saturated carbocycles. The van der Waals surface area contributed by atoms with E-state index in [1.165, 1.54) is 37.4 Å². The smallest absolute Gasteiger partial charge is 0.258 e. The van der Waals surface area contributed by atoms with Gasteiger partial charge < -0.3 is 14.8 Å². The van der Waals surface area contributed by atoms with Crippen LogP contribution < -0.4 is 14.8 Å². The molecule has 0 fully saturated rings. The minimum Gasteiger partial charge on any atom is -0.494 e. The van der Waals surface area contributed by atoms with Crippen molar-refractivity contribution < 1.29 is 23.0 Å². The fourth-order valence-corrected chi connectivity index (χ4v) is 2.02. The normalized spacial score (nSPS) is 11.7. The van der Waals surface area contributed by atoms with Crippen LogP contribution in [0.1, 0.15) is 18.5 Å². The lowest BCUT2D eigenvalue weighted by atomic mass is 10.1. The molecule has 0 saturated heterocycles. The standard InChI is InChI=1S/C17H17F2NO3/c1-11(12-6-7-16(22-2)15(19)8-12)20-17(21)10-23-14-5-3-4-13(18)9-14/h3-9,11H,10H2,1-2H3,(H,20,21)/t11-/m1/s1. The van der Waals surface area contributed by atoms with Crippen LogP contribution in [0, 0.1) is 11.6 Å². The fraction of sp³-hybridized carbons (Fsp3) is 0.235. The van der Waals surface area contributed by atoms with Gasteiger partial charge in [-0.15, -0.1) is 0 Å². The third kappa shape index (κ3) is 4.67. The molecule has 1 N–H and O–H groups in total. The van der Waals surface area contributed by atoms with E-state index in [2.05, 4.69) is 5.32 Å². The van der Waals surface area contributed by atoms with Gasteiger partial charge in [-0.1, -0.05) is 12.1 Å². The highest BCUT2D eigenvalue weighted by Gasteiger charge is 2.13. The highest BCUT2D eigenvalue weighted by molar-refractivity contribution is 5.78. The van der Waals surface area contributed by atoms with Crippen LogP contribution in [0.4, 0.5) is 8.78 Å². The van der Waals surface area contributed by atoms with Gasteiger partial charge in [-0.3, -0.25) is 4.79 Å². The summed E-state index contributed by atoms with van der Waals surface area (Å²) < 4.78 is 36.7. The van der Waals surface area contributed by atoms with E-state index >= 15 is 0 Å². The van der Waals surface area contributed by atoms with Crippen LogP contribution in [0.15, 0.2) is 42.5 Å². The number of halogens is 2. The van der Waals surface area contributed by atoms with Gasteiger partial charge in [0.1, 0.15) is 11.6 Å². The maximum absolute atomic E-state index is 13.7. The first kappa shape index (κ1) is 16.7. The van der Waals surface area contributed by atoms with Gasteiger partial charge in [0.15, 0.2) is 18.2 Å². The minimum atomic E-state index is -0.498. The SMILES string of the molecule is COc1ccc([C@@H](C)NC(=O)COc2cccc(F)c2)cc1F. The molecule has 0 aliphatic heterocycles. The lowest BCUT2D eigenvalue weighted by molar-refractivity contribution is -0.123. The number of carbonyl (C=O) groups is 1. The van der Waals surface area contributed by atoms with Crippen molar-refractivity contribution in [2.45, 2.75) is 13.0 Å². The summed E-state index contributed by atoms with van der Waals surface area (Å²) in [6, 6.07) is 9.58. The second kappa shape index (κ2) is 7.58. The lowest BCUT2D eigenvalue weighted by Gasteiger charge is -2.15. The molecule has 0 aliphatic carbocycles. The van der Waals surface area contributed by atoms with Gasteiger partial charge in [-0.25, -0.2) is 8.78 Å². The number of carbonyl (C=O) groups excluding carboxylic acids is 1. The quantitative estimate of drug-likeness (QED) is 0.888. The molecular formula is C17H17F2NO3. The van der Waals surface area contributed by atoms with Crippen molar-refractivity contribution in [1.29, 1.82) is 0 Å². The molecule has 0 aromatic heterocycles. The molecule has 6 heteroatoms. The van der Waals surface area contributed by atoms with E-state index in [4.69, 9.17) is 9.47 Å². The molecule has 0 spiro atoms. The molecule has 0 radical (unpaired) electrons. The van der Waals surface area contributed by atoms with Crippen LogP contribution in [0.5, 0.6) is 11.5 Å². The number of hydrogen-bond acceptors (Lipinski definition) is 3. The van der Waals surface area contributed by atoms with Crippen molar-refractivity contribution in [1.82, 2.24) is 5.32 Å². The van der Waals surface area contributed by atoms with Crippen LogP contribution in [-0.4, -0.2) is 19.6 Å². The van der Waals surface area contributed by atoms with Gasteiger partial charge in [-0.05, 0) is 36.8 Å². The number of hydrogen-bond donors (Lipinski definition) is 1. The Kier molecular flexibility index (Phi) is 5.51. The number of benzene rings is 2. The highest BCUT2D eigenvalue weighted by Crippen LogP contribution is 2.21. The molecule has 4 nitrogen and oxygen atoms in total. The van der Waals surface area contributed by atoms with Crippen LogP contribution in [0.25, 0.3) is 0 Å². The van der Waals surface area contributed by atoms with E-state index < -0.39 is 23.6 Å². The summed E-state index contributed by atoms with van der Waals surface area (Å²) >= 11 is 0. The van der Waals surface area contributed by atoms with E-state index in [0.29, 0.717) is 5.56 Å². The number of amides is 1. The summed E-state index contributed by atoms with van der Waals surface area (Å²) in [7, 11) is 1.38. The Hall–Kier alpha value is -2.63. The zero-order valence-electron chi connectivity index (χ0n) is 12.8. The Morgan fingerprint density at radius 1 is 1.22 bits per heavy atom. The summed E-state index contributed by atoms with van der Waals surface area (Å²) in [4.78, 5) is 11.8. The lowest BCUT2D eigenvalue weighted by Crippen LogP contribution is -2.31. The van der Waals surface area contributed by atoms with E-state index in [0.717, 1.165) is 0 Å². The van der Waals surface area contributed by atoms with Gasteiger partial charge in [0.25, 0.3) is 5.91 Å².